The summed E-state index contributed by atoms with van der Waals surface area (Å²) in [5, 5.41) is 13.2. The number of nitrogens with one attached hydrogen (secondary N) is 1. The van der Waals surface area contributed by atoms with Crippen molar-refractivity contribution < 1.29 is 13.5 Å². The monoisotopic (exact) mass is 280 g/mol. The lowest BCUT2D eigenvalue weighted by Gasteiger charge is -2.28. The molecular weight excluding hydrogens is 252 g/mol. The molecule has 0 heterocycles. The molecule has 0 radical (unpaired) electrons. The molecule has 0 aliphatic heterocycles. The van der Waals surface area contributed by atoms with E-state index in [1.165, 1.54) is 10.6 Å². The average molecular weight is 280 g/mol. The van der Waals surface area contributed by atoms with Crippen LogP contribution in [0, 0.1) is 5.92 Å². The Labute approximate surface area is 112 Å². The summed E-state index contributed by atoms with van der Waals surface area (Å²) >= 11 is 0. The van der Waals surface area contributed by atoms with Crippen LogP contribution >= 0.6 is 0 Å². The van der Waals surface area contributed by atoms with Gasteiger partial charge in [-0.2, -0.15) is 0 Å². The van der Waals surface area contributed by atoms with Crippen molar-refractivity contribution in [3.8, 4) is 0 Å². The Morgan fingerprint density at radius 3 is 2.33 bits per heavy atom. The number of hydrogen-bond donors (Lipinski definition) is 2. The fraction of sp³-hybridized carbons (Fsp3) is 1.00. The summed E-state index contributed by atoms with van der Waals surface area (Å²) in [6.45, 7) is 9.84. The van der Waals surface area contributed by atoms with Crippen molar-refractivity contribution in [2.75, 3.05) is 32.4 Å². The zero-order valence-electron chi connectivity index (χ0n) is 12.2. The average Bonchev–Trinajstić information content (AvgIpc) is 2.21. The van der Waals surface area contributed by atoms with Gasteiger partial charge in [0, 0.05) is 19.6 Å². The topological polar surface area (TPSA) is 69.6 Å². The second kappa shape index (κ2) is 7.43. The smallest absolute Gasteiger partial charge is 0.211 e. The lowest BCUT2D eigenvalue weighted by atomic mass is 9.92. The first kappa shape index (κ1) is 17.8. The maximum atomic E-state index is 11.3. The van der Waals surface area contributed by atoms with Crippen molar-refractivity contribution in [1.29, 1.82) is 0 Å². The molecule has 1 unspecified atom stereocenters. The van der Waals surface area contributed by atoms with Gasteiger partial charge in [0.2, 0.25) is 10.0 Å². The van der Waals surface area contributed by atoms with Crippen molar-refractivity contribution in [2.45, 2.75) is 39.7 Å². The highest BCUT2D eigenvalue weighted by Crippen LogP contribution is 2.14. The van der Waals surface area contributed by atoms with E-state index in [1.807, 2.05) is 20.8 Å². The van der Waals surface area contributed by atoms with Crippen molar-refractivity contribution in [3.05, 3.63) is 0 Å². The zero-order chi connectivity index (χ0) is 14.4. The van der Waals surface area contributed by atoms with Crippen LogP contribution in [-0.4, -0.2) is 55.9 Å². The Morgan fingerprint density at radius 2 is 1.94 bits per heavy atom. The summed E-state index contributed by atoms with van der Waals surface area (Å²) in [4.78, 5) is 0. The molecule has 0 saturated heterocycles. The minimum atomic E-state index is -3.09. The predicted molar refractivity (Wildman–Crippen MR) is 75.0 cm³/mol. The van der Waals surface area contributed by atoms with Gasteiger partial charge in [0.15, 0.2) is 0 Å². The normalized spacial score (nSPS) is 16.2. The molecule has 0 aliphatic rings. The summed E-state index contributed by atoms with van der Waals surface area (Å²) in [7, 11) is -3.09. The van der Waals surface area contributed by atoms with Gasteiger partial charge in [-0.15, -0.1) is 0 Å². The minimum Gasteiger partial charge on any atom is -0.389 e. The Bertz CT molecular complexity index is 326. The van der Waals surface area contributed by atoms with Crippen LogP contribution in [0.25, 0.3) is 0 Å². The molecule has 18 heavy (non-hydrogen) atoms. The molecule has 0 fully saturated rings. The van der Waals surface area contributed by atoms with Gasteiger partial charge in [0.05, 0.1) is 11.9 Å². The Kier molecular flexibility index (Phi) is 7.36. The van der Waals surface area contributed by atoms with Crippen LogP contribution in [0.3, 0.4) is 0 Å². The van der Waals surface area contributed by atoms with Crippen molar-refractivity contribution >= 4 is 10.0 Å². The van der Waals surface area contributed by atoms with Crippen molar-refractivity contribution in [1.82, 2.24) is 9.62 Å². The summed E-state index contributed by atoms with van der Waals surface area (Å²) < 4.78 is 24.1. The zero-order valence-corrected chi connectivity index (χ0v) is 13.0. The molecule has 0 bridgehead atoms. The SMILES string of the molecule is CCN(CCCNCC(C)(O)C(C)C)S(C)(=O)=O. The molecule has 5 nitrogen and oxygen atoms in total. The number of hydrogen-bond acceptors (Lipinski definition) is 4. The van der Waals surface area contributed by atoms with E-state index < -0.39 is 15.6 Å². The molecule has 0 amide bonds. The summed E-state index contributed by atoms with van der Waals surface area (Å²) in [6.07, 6.45) is 1.97. The molecule has 110 valence electrons. The molecule has 0 aliphatic carbocycles. The van der Waals surface area contributed by atoms with Crippen LogP contribution in [-0.2, 0) is 10.0 Å². The Hall–Kier alpha value is -0.170. The van der Waals surface area contributed by atoms with E-state index in [2.05, 4.69) is 5.32 Å². The van der Waals surface area contributed by atoms with Gasteiger partial charge in [-0.1, -0.05) is 20.8 Å². The van der Waals surface area contributed by atoms with Crippen LogP contribution in [0.5, 0.6) is 0 Å². The molecule has 6 heteroatoms. The second-order valence-electron chi connectivity index (χ2n) is 5.30. The van der Waals surface area contributed by atoms with Gasteiger partial charge in [-0.25, -0.2) is 12.7 Å². The van der Waals surface area contributed by atoms with E-state index >= 15 is 0 Å². The van der Waals surface area contributed by atoms with Gasteiger partial charge >= 0.3 is 0 Å². The van der Waals surface area contributed by atoms with E-state index in [4.69, 9.17) is 0 Å². The van der Waals surface area contributed by atoms with Gasteiger partial charge in [-0.3, -0.25) is 0 Å². The van der Waals surface area contributed by atoms with E-state index in [1.54, 1.807) is 6.92 Å². The molecule has 1 atom stereocenters. The van der Waals surface area contributed by atoms with Crippen LogP contribution in [0.15, 0.2) is 0 Å². The standard InChI is InChI=1S/C12H28N2O3S/c1-6-14(18(5,16)17)9-7-8-13-10-12(4,15)11(2)3/h11,13,15H,6-10H2,1-5H3. The van der Waals surface area contributed by atoms with E-state index in [-0.39, 0.29) is 5.92 Å². The fourth-order valence-electron chi connectivity index (χ4n) is 1.48. The van der Waals surface area contributed by atoms with Gasteiger partial charge in [0.25, 0.3) is 0 Å². The first-order valence-corrected chi connectivity index (χ1v) is 8.34. The molecular formula is C12H28N2O3S. The summed E-state index contributed by atoms with van der Waals surface area (Å²) in [6, 6.07) is 0. The van der Waals surface area contributed by atoms with Gasteiger partial charge in [-0.05, 0) is 25.8 Å². The molecule has 0 spiro atoms. The highest BCUT2D eigenvalue weighted by Gasteiger charge is 2.23. The Morgan fingerprint density at radius 1 is 1.39 bits per heavy atom. The third-order valence-corrected chi connectivity index (χ3v) is 4.69. The molecule has 0 aromatic carbocycles. The first-order valence-electron chi connectivity index (χ1n) is 6.49. The quantitative estimate of drug-likeness (QED) is 0.609. The van der Waals surface area contributed by atoms with Crippen molar-refractivity contribution in [3.63, 3.8) is 0 Å². The fourth-order valence-corrected chi connectivity index (χ4v) is 2.41. The number of aliphatic hydroxyl groups is 1. The maximum Gasteiger partial charge on any atom is 0.211 e. The summed E-state index contributed by atoms with van der Waals surface area (Å²) in [5.41, 5.74) is -0.721. The van der Waals surface area contributed by atoms with Crippen molar-refractivity contribution in [2.24, 2.45) is 5.92 Å². The third kappa shape index (κ3) is 6.68. The van der Waals surface area contributed by atoms with E-state index in [0.717, 1.165) is 6.42 Å². The van der Waals surface area contributed by atoms with Crippen LogP contribution in [0.4, 0.5) is 0 Å². The lowest BCUT2D eigenvalue weighted by molar-refractivity contribution is 0.0143. The van der Waals surface area contributed by atoms with Crippen LogP contribution < -0.4 is 5.32 Å². The van der Waals surface area contributed by atoms with Crippen LogP contribution in [0.1, 0.15) is 34.1 Å². The largest absolute Gasteiger partial charge is 0.389 e. The highest BCUT2D eigenvalue weighted by molar-refractivity contribution is 7.88. The lowest BCUT2D eigenvalue weighted by Crippen LogP contribution is -2.43. The molecule has 0 rings (SSSR count). The molecule has 2 N–H and O–H groups in total. The molecule has 0 aromatic rings. The van der Waals surface area contributed by atoms with E-state index in [0.29, 0.717) is 26.2 Å². The summed E-state index contributed by atoms with van der Waals surface area (Å²) in [5.74, 6) is 0.188. The first-order chi connectivity index (χ1) is 8.11. The maximum absolute atomic E-state index is 11.3. The predicted octanol–water partition coefficient (Wildman–Crippen LogP) is 0.655. The highest BCUT2D eigenvalue weighted by atomic mass is 32.2. The van der Waals surface area contributed by atoms with Gasteiger partial charge in [0.1, 0.15) is 0 Å². The van der Waals surface area contributed by atoms with Crippen LogP contribution in [0.2, 0.25) is 0 Å². The number of nitrogens with zero attached hydrogens (tertiary/aromatic N) is 1. The Balaban J connectivity index is 3.88. The number of rotatable bonds is 9. The minimum absolute atomic E-state index is 0.188. The second-order valence-corrected chi connectivity index (χ2v) is 7.28. The molecule has 0 aromatic heterocycles. The number of sulfonamides is 1. The van der Waals surface area contributed by atoms with E-state index in [9.17, 15) is 13.5 Å². The van der Waals surface area contributed by atoms with Gasteiger partial charge < -0.3 is 10.4 Å². The molecule has 0 saturated carbocycles. The third-order valence-electron chi connectivity index (χ3n) is 3.31.